The number of rotatable bonds is 15. The van der Waals surface area contributed by atoms with Crippen molar-refractivity contribution in [2.45, 2.75) is 63.4 Å². The molecular weight excluding hydrogens is 598 g/mol. The molecule has 1 saturated heterocycles. The van der Waals surface area contributed by atoms with Gasteiger partial charge in [-0.3, -0.25) is 4.90 Å². The second kappa shape index (κ2) is 17.9. The van der Waals surface area contributed by atoms with Crippen LogP contribution >= 0.6 is 0 Å². The first-order valence-corrected chi connectivity index (χ1v) is 16.8. The van der Waals surface area contributed by atoms with Crippen LogP contribution in [0, 0.1) is 0 Å². The van der Waals surface area contributed by atoms with E-state index in [0.29, 0.717) is 46.1 Å². The standard InChI is InChI=1S/C42H45NO5/c44-40-39(46-29-35-20-10-3-11-21-35)27-43(26-33-16-6-1-7-17-33)38(32-45-28-34-18-8-2-9-19-34)41(47-30-36-22-12-4-13-23-36)42(40)48-31-37-24-14-5-15-25-37/h1-25,38-42,44H,26-32H2/t38?,39?,40?,41-,42-/m1/s1. The lowest BCUT2D eigenvalue weighted by molar-refractivity contribution is -0.167. The van der Waals surface area contributed by atoms with Gasteiger partial charge in [0.05, 0.1) is 45.2 Å². The van der Waals surface area contributed by atoms with E-state index in [1.54, 1.807) is 0 Å². The second-order valence-electron chi connectivity index (χ2n) is 12.3. The van der Waals surface area contributed by atoms with Gasteiger partial charge in [-0.1, -0.05) is 152 Å². The monoisotopic (exact) mass is 643 g/mol. The van der Waals surface area contributed by atoms with Crippen molar-refractivity contribution in [2.24, 2.45) is 0 Å². The number of benzene rings is 5. The molecule has 6 heteroatoms. The van der Waals surface area contributed by atoms with Gasteiger partial charge in [-0.2, -0.15) is 0 Å². The van der Waals surface area contributed by atoms with Crippen molar-refractivity contribution in [2.75, 3.05) is 13.2 Å². The van der Waals surface area contributed by atoms with Crippen molar-refractivity contribution < 1.29 is 24.1 Å². The third-order valence-corrected chi connectivity index (χ3v) is 8.81. The Labute approximate surface area is 284 Å². The van der Waals surface area contributed by atoms with E-state index >= 15 is 0 Å². The summed E-state index contributed by atoms with van der Waals surface area (Å²) in [7, 11) is 0. The lowest BCUT2D eigenvalue weighted by Gasteiger charge is -2.37. The first kappa shape index (κ1) is 33.7. The van der Waals surface area contributed by atoms with Crippen molar-refractivity contribution >= 4 is 0 Å². The highest BCUT2D eigenvalue weighted by atomic mass is 16.6. The smallest absolute Gasteiger partial charge is 0.114 e. The van der Waals surface area contributed by atoms with Crippen molar-refractivity contribution in [3.8, 4) is 0 Å². The SMILES string of the molecule is OC1C(OCc2ccccc2)CN(Cc2ccccc2)C(COCc2ccccc2)[C@@H](OCc2ccccc2)[C@@H]1OCc1ccccc1. The molecule has 1 aliphatic rings. The Morgan fingerprint density at radius 3 is 1.35 bits per heavy atom. The molecule has 0 bridgehead atoms. The molecule has 0 spiro atoms. The van der Waals surface area contributed by atoms with Gasteiger partial charge in [-0.05, 0) is 27.8 Å². The van der Waals surface area contributed by atoms with E-state index in [1.807, 2.05) is 103 Å². The first-order valence-electron chi connectivity index (χ1n) is 16.8. The lowest BCUT2D eigenvalue weighted by Crippen LogP contribution is -2.53. The van der Waals surface area contributed by atoms with Gasteiger partial charge in [-0.15, -0.1) is 0 Å². The van der Waals surface area contributed by atoms with E-state index in [0.717, 1.165) is 27.8 Å². The molecule has 0 aliphatic carbocycles. The lowest BCUT2D eigenvalue weighted by atomic mass is 9.99. The zero-order valence-corrected chi connectivity index (χ0v) is 27.3. The summed E-state index contributed by atoms with van der Waals surface area (Å²) in [4.78, 5) is 2.35. The molecule has 1 heterocycles. The van der Waals surface area contributed by atoms with Crippen LogP contribution in [0.5, 0.6) is 0 Å². The minimum atomic E-state index is -0.962. The van der Waals surface area contributed by atoms with E-state index in [2.05, 4.69) is 53.4 Å². The molecular formula is C42H45NO5. The molecule has 1 fully saturated rings. The highest BCUT2D eigenvalue weighted by Gasteiger charge is 2.46. The Morgan fingerprint density at radius 1 is 0.479 bits per heavy atom. The molecule has 48 heavy (non-hydrogen) atoms. The van der Waals surface area contributed by atoms with Crippen LogP contribution in [0.2, 0.25) is 0 Å². The van der Waals surface area contributed by atoms with Crippen LogP contribution in [0.15, 0.2) is 152 Å². The molecule has 248 valence electrons. The Hall–Kier alpha value is -4.14. The van der Waals surface area contributed by atoms with Crippen molar-refractivity contribution in [1.29, 1.82) is 0 Å². The molecule has 1 aliphatic heterocycles. The first-order chi connectivity index (χ1) is 23.7. The largest absolute Gasteiger partial charge is 0.388 e. The highest BCUT2D eigenvalue weighted by molar-refractivity contribution is 5.18. The number of aliphatic hydroxyl groups excluding tert-OH is 1. The summed E-state index contributed by atoms with van der Waals surface area (Å²) >= 11 is 0. The summed E-state index contributed by atoms with van der Waals surface area (Å²) in [6.45, 7) is 3.02. The average molecular weight is 644 g/mol. The molecule has 5 atom stereocenters. The van der Waals surface area contributed by atoms with Crippen LogP contribution in [0.4, 0.5) is 0 Å². The predicted octanol–water partition coefficient (Wildman–Crippen LogP) is 7.20. The quantitative estimate of drug-likeness (QED) is 0.130. The maximum atomic E-state index is 12.2. The Balaban J connectivity index is 1.35. The van der Waals surface area contributed by atoms with Crippen LogP contribution in [-0.4, -0.2) is 53.6 Å². The van der Waals surface area contributed by atoms with E-state index < -0.39 is 24.4 Å². The van der Waals surface area contributed by atoms with Gasteiger partial charge in [0.25, 0.3) is 0 Å². The fourth-order valence-corrected chi connectivity index (χ4v) is 6.24. The fourth-order valence-electron chi connectivity index (χ4n) is 6.24. The number of nitrogens with zero attached hydrogens (tertiary/aromatic N) is 1. The van der Waals surface area contributed by atoms with E-state index in [-0.39, 0.29) is 6.04 Å². The molecule has 3 unspecified atom stereocenters. The van der Waals surface area contributed by atoms with Gasteiger partial charge < -0.3 is 24.1 Å². The summed E-state index contributed by atoms with van der Waals surface area (Å²) in [5, 5.41) is 12.2. The summed E-state index contributed by atoms with van der Waals surface area (Å²) < 4.78 is 26.6. The Kier molecular flexibility index (Phi) is 12.6. The normalized spacial score (nSPS) is 21.5. The third-order valence-electron chi connectivity index (χ3n) is 8.81. The van der Waals surface area contributed by atoms with Gasteiger partial charge in [0, 0.05) is 13.1 Å². The van der Waals surface area contributed by atoms with Gasteiger partial charge >= 0.3 is 0 Å². The molecule has 0 aromatic heterocycles. The average Bonchev–Trinajstić information content (AvgIpc) is 3.24. The zero-order valence-electron chi connectivity index (χ0n) is 27.3. The maximum absolute atomic E-state index is 12.2. The van der Waals surface area contributed by atoms with Crippen molar-refractivity contribution in [1.82, 2.24) is 4.90 Å². The Bertz CT molecular complexity index is 1590. The number of hydrogen-bond donors (Lipinski definition) is 1. The third kappa shape index (κ3) is 9.70. The molecule has 5 aromatic carbocycles. The van der Waals surface area contributed by atoms with E-state index in [1.165, 1.54) is 0 Å². The number of hydrogen-bond acceptors (Lipinski definition) is 6. The number of aliphatic hydroxyl groups is 1. The number of ether oxygens (including phenoxy) is 4. The van der Waals surface area contributed by atoms with Gasteiger partial charge in [0.15, 0.2) is 0 Å². The predicted molar refractivity (Wildman–Crippen MR) is 188 cm³/mol. The molecule has 0 amide bonds. The summed E-state index contributed by atoms with van der Waals surface area (Å²) in [5.74, 6) is 0. The molecule has 0 radical (unpaired) electrons. The van der Waals surface area contributed by atoms with E-state index in [4.69, 9.17) is 18.9 Å². The summed E-state index contributed by atoms with van der Waals surface area (Å²) in [5.41, 5.74) is 5.38. The highest BCUT2D eigenvalue weighted by Crippen LogP contribution is 2.30. The van der Waals surface area contributed by atoms with Crippen molar-refractivity contribution in [3.63, 3.8) is 0 Å². The maximum Gasteiger partial charge on any atom is 0.114 e. The Morgan fingerprint density at radius 2 is 0.875 bits per heavy atom. The molecule has 0 saturated carbocycles. The summed E-state index contributed by atoms with van der Waals surface area (Å²) in [6.07, 6.45) is -2.73. The molecule has 5 aromatic rings. The minimum absolute atomic E-state index is 0.252. The van der Waals surface area contributed by atoms with Crippen LogP contribution in [0.3, 0.4) is 0 Å². The molecule has 6 rings (SSSR count). The minimum Gasteiger partial charge on any atom is -0.388 e. The van der Waals surface area contributed by atoms with Crippen molar-refractivity contribution in [3.05, 3.63) is 179 Å². The fraction of sp³-hybridized carbons (Fsp3) is 0.286. The molecule has 6 nitrogen and oxygen atoms in total. The summed E-state index contributed by atoms with van der Waals surface area (Å²) in [6, 6.07) is 50.6. The van der Waals surface area contributed by atoms with E-state index in [9.17, 15) is 5.11 Å². The number of likely N-dealkylation sites (tertiary alicyclic amines) is 1. The van der Waals surface area contributed by atoms with Crippen LogP contribution in [0.1, 0.15) is 27.8 Å². The van der Waals surface area contributed by atoms with Gasteiger partial charge in [0.1, 0.15) is 18.3 Å². The second-order valence-corrected chi connectivity index (χ2v) is 12.3. The van der Waals surface area contributed by atoms with Crippen LogP contribution in [-0.2, 0) is 51.9 Å². The molecule has 1 N–H and O–H groups in total. The van der Waals surface area contributed by atoms with Gasteiger partial charge in [0.2, 0.25) is 0 Å². The zero-order chi connectivity index (χ0) is 32.8. The topological polar surface area (TPSA) is 60.4 Å². The van der Waals surface area contributed by atoms with Crippen LogP contribution < -0.4 is 0 Å². The van der Waals surface area contributed by atoms with Crippen LogP contribution in [0.25, 0.3) is 0 Å². The van der Waals surface area contributed by atoms with Gasteiger partial charge in [-0.25, -0.2) is 0 Å².